The first-order valence-corrected chi connectivity index (χ1v) is 9.36. The van der Waals surface area contributed by atoms with Crippen LogP contribution in [-0.4, -0.2) is 23.3 Å². The molecule has 4 N–H and O–H groups in total. The number of hydrogen-bond acceptors (Lipinski definition) is 5. The van der Waals surface area contributed by atoms with E-state index >= 15 is 0 Å². The highest BCUT2D eigenvalue weighted by Crippen LogP contribution is 2.37. The Kier molecular flexibility index (Phi) is 4.88. The number of fused-ring (bicyclic) bond motifs is 1. The van der Waals surface area contributed by atoms with Crippen molar-refractivity contribution in [2.45, 2.75) is 32.3 Å². The van der Waals surface area contributed by atoms with Crippen LogP contribution < -0.4 is 21.1 Å². The van der Waals surface area contributed by atoms with Crippen LogP contribution in [0.4, 0.5) is 10.7 Å². The molecule has 0 fully saturated rings. The van der Waals surface area contributed by atoms with Gasteiger partial charge in [0.15, 0.2) is 0 Å². The van der Waals surface area contributed by atoms with Crippen molar-refractivity contribution in [3.63, 3.8) is 0 Å². The number of anilines is 2. The average molecular weight is 408 g/mol. The Balaban J connectivity index is 1.91. The molecule has 3 rings (SSSR count). The number of primary amides is 1. The molecule has 0 bridgehead atoms. The van der Waals surface area contributed by atoms with Gasteiger partial charge >= 0.3 is 0 Å². The van der Waals surface area contributed by atoms with E-state index in [4.69, 9.17) is 22.1 Å². The molecule has 1 atom stereocenters. The zero-order valence-corrected chi connectivity index (χ0v) is 16.5. The van der Waals surface area contributed by atoms with Gasteiger partial charge in [0.1, 0.15) is 10.8 Å². The first kappa shape index (κ1) is 19.2. The highest BCUT2D eigenvalue weighted by atomic mass is 35.5. The first-order chi connectivity index (χ1) is 12.6. The summed E-state index contributed by atoms with van der Waals surface area (Å²) >= 11 is 7.15. The van der Waals surface area contributed by atoms with E-state index in [0.29, 0.717) is 16.5 Å². The fourth-order valence-corrected chi connectivity index (χ4v) is 3.77. The monoisotopic (exact) mass is 407 g/mol. The van der Waals surface area contributed by atoms with Crippen LogP contribution in [-0.2, 0) is 9.59 Å². The molecule has 0 spiro atoms. The molecule has 1 aromatic carbocycles. The van der Waals surface area contributed by atoms with Crippen molar-refractivity contribution in [2.24, 2.45) is 5.73 Å². The second-order valence-electron chi connectivity index (χ2n) is 6.59. The van der Waals surface area contributed by atoms with E-state index in [2.05, 4.69) is 10.6 Å². The van der Waals surface area contributed by atoms with Gasteiger partial charge in [0.25, 0.3) is 23.3 Å². The number of nitrogens with one attached hydrogen (secondary N) is 2. The summed E-state index contributed by atoms with van der Waals surface area (Å²) in [6, 6.07) is 6.34. The molecular weight excluding hydrogens is 390 g/mol. The molecule has 7 nitrogen and oxygen atoms in total. The van der Waals surface area contributed by atoms with Gasteiger partial charge in [-0.3, -0.25) is 14.4 Å². The van der Waals surface area contributed by atoms with Crippen molar-refractivity contribution in [1.82, 2.24) is 0 Å². The van der Waals surface area contributed by atoms with Gasteiger partial charge in [0.05, 0.1) is 11.3 Å². The topological polar surface area (TPSA) is 111 Å². The molecule has 27 heavy (non-hydrogen) atoms. The Morgan fingerprint density at radius 3 is 2.67 bits per heavy atom. The summed E-state index contributed by atoms with van der Waals surface area (Å²) in [5, 5.41) is 5.95. The molecule has 142 valence electrons. The van der Waals surface area contributed by atoms with Crippen molar-refractivity contribution >= 4 is 51.3 Å². The second-order valence-corrected chi connectivity index (χ2v) is 8.11. The summed E-state index contributed by atoms with van der Waals surface area (Å²) in [5.74, 6) is -1.54. The molecule has 3 amide bonds. The lowest BCUT2D eigenvalue weighted by molar-refractivity contribution is -0.143. The van der Waals surface area contributed by atoms with Crippen LogP contribution in [0.3, 0.4) is 0 Å². The van der Waals surface area contributed by atoms with E-state index in [1.807, 2.05) is 13.8 Å². The number of benzene rings is 1. The maximum atomic E-state index is 12.9. The van der Waals surface area contributed by atoms with Crippen LogP contribution in [0.5, 0.6) is 5.75 Å². The molecule has 0 saturated carbocycles. The SMILES string of the molecule is CC(C)c1cc(C(N)=O)c(NC(=O)C2(C)Oc3ccc(Cl)cc3NC2=O)s1. The third kappa shape index (κ3) is 3.50. The Bertz CT molecular complexity index is 956. The van der Waals surface area contributed by atoms with Crippen LogP contribution in [0.1, 0.15) is 41.9 Å². The number of amides is 3. The summed E-state index contributed by atoms with van der Waals surface area (Å²) in [6.07, 6.45) is 0. The van der Waals surface area contributed by atoms with Crippen LogP contribution in [0.2, 0.25) is 5.02 Å². The molecular formula is C18H18ClN3O4S. The number of halogens is 1. The van der Waals surface area contributed by atoms with Gasteiger partial charge in [0, 0.05) is 9.90 Å². The Morgan fingerprint density at radius 1 is 1.33 bits per heavy atom. The molecule has 0 saturated heterocycles. The molecule has 1 unspecified atom stereocenters. The van der Waals surface area contributed by atoms with Crippen LogP contribution >= 0.6 is 22.9 Å². The van der Waals surface area contributed by atoms with Gasteiger partial charge < -0.3 is 21.1 Å². The van der Waals surface area contributed by atoms with E-state index < -0.39 is 23.3 Å². The maximum absolute atomic E-state index is 12.9. The number of ether oxygens (including phenoxy) is 1. The zero-order valence-electron chi connectivity index (χ0n) is 14.9. The minimum absolute atomic E-state index is 0.153. The quantitative estimate of drug-likeness (QED) is 0.675. The van der Waals surface area contributed by atoms with E-state index in [1.54, 1.807) is 18.2 Å². The standard InChI is InChI=1S/C18H18ClN3O4S/c1-8(2)13-7-10(14(20)23)15(27-13)22-17(25)18(3)16(24)21-11-6-9(19)4-5-12(11)26-18/h4-8H,1-3H3,(H2,20,23)(H,21,24)(H,22,25). The van der Waals surface area contributed by atoms with E-state index in [1.165, 1.54) is 24.3 Å². The summed E-state index contributed by atoms with van der Waals surface area (Å²) in [7, 11) is 0. The fourth-order valence-electron chi connectivity index (χ4n) is 2.54. The molecule has 2 aromatic rings. The minimum atomic E-state index is -1.82. The lowest BCUT2D eigenvalue weighted by Crippen LogP contribution is -2.56. The third-order valence-electron chi connectivity index (χ3n) is 4.18. The zero-order chi connectivity index (χ0) is 19.9. The van der Waals surface area contributed by atoms with Gasteiger partial charge in [-0.2, -0.15) is 0 Å². The number of thiophene rings is 1. The summed E-state index contributed by atoms with van der Waals surface area (Å²) < 4.78 is 5.68. The predicted octanol–water partition coefficient (Wildman–Crippen LogP) is 3.35. The average Bonchev–Trinajstić information content (AvgIpc) is 3.00. The number of nitrogens with two attached hydrogens (primary N) is 1. The van der Waals surface area contributed by atoms with Crippen molar-refractivity contribution < 1.29 is 19.1 Å². The lowest BCUT2D eigenvalue weighted by Gasteiger charge is -2.33. The second kappa shape index (κ2) is 6.86. The normalized spacial score (nSPS) is 18.5. The van der Waals surface area contributed by atoms with Crippen molar-refractivity contribution in [3.05, 3.63) is 39.7 Å². The summed E-state index contributed by atoms with van der Waals surface area (Å²) in [6.45, 7) is 5.28. The predicted molar refractivity (Wildman–Crippen MR) is 105 cm³/mol. The molecule has 1 aromatic heterocycles. The van der Waals surface area contributed by atoms with Crippen LogP contribution in [0, 0.1) is 0 Å². The molecule has 1 aliphatic heterocycles. The van der Waals surface area contributed by atoms with Gasteiger partial charge in [0.2, 0.25) is 0 Å². The highest BCUT2D eigenvalue weighted by Gasteiger charge is 2.47. The van der Waals surface area contributed by atoms with Gasteiger partial charge in [-0.1, -0.05) is 25.4 Å². The first-order valence-electron chi connectivity index (χ1n) is 8.17. The number of carbonyl (C=O) groups excluding carboxylic acids is 3. The van der Waals surface area contributed by atoms with E-state index in [-0.39, 0.29) is 16.5 Å². The molecule has 0 radical (unpaired) electrons. The maximum Gasteiger partial charge on any atom is 0.278 e. The minimum Gasteiger partial charge on any atom is -0.466 e. The van der Waals surface area contributed by atoms with Crippen LogP contribution in [0.15, 0.2) is 24.3 Å². The van der Waals surface area contributed by atoms with Gasteiger partial charge in [-0.05, 0) is 37.1 Å². The smallest absolute Gasteiger partial charge is 0.278 e. The van der Waals surface area contributed by atoms with Crippen molar-refractivity contribution in [1.29, 1.82) is 0 Å². The van der Waals surface area contributed by atoms with Crippen LogP contribution in [0.25, 0.3) is 0 Å². The summed E-state index contributed by atoms with van der Waals surface area (Å²) in [4.78, 5) is 38.0. The Labute approximate surface area is 164 Å². The molecule has 2 heterocycles. The van der Waals surface area contributed by atoms with E-state index in [9.17, 15) is 14.4 Å². The van der Waals surface area contributed by atoms with Crippen molar-refractivity contribution in [3.8, 4) is 5.75 Å². The van der Waals surface area contributed by atoms with Crippen molar-refractivity contribution in [2.75, 3.05) is 10.6 Å². The number of rotatable bonds is 4. The Hall–Kier alpha value is -2.58. The third-order valence-corrected chi connectivity index (χ3v) is 5.77. The Morgan fingerprint density at radius 2 is 2.04 bits per heavy atom. The lowest BCUT2D eigenvalue weighted by atomic mass is 10.0. The molecule has 1 aliphatic rings. The largest absolute Gasteiger partial charge is 0.466 e. The molecule has 9 heteroatoms. The van der Waals surface area contributed by atoms with Gasteiger partial charge in [-0.15, -0.1) is 11.3 Å². The van der Waals surface area contributed by atoms with E-state index in [0.717, 1.165) is 4.88 Å². The number of hydrogen-bond donors (Lipinski definition) is 3. The number of carbonyl (C=O) groups is 3. The van der Waals surface area contributed by atoms with Gasteiger partial charge in [-0.25, -0.2) is 0 Å². The summed E-state index contributed by atoms with van der Waals surface area (Å²) in [5.41, 5.74) is 4.17. The fraction of sp³-hybridized carbons (Fsp3) is 0.278. The molecule has 0 aliphatic carbocycles. The highest BCUT2D eigenvalue weighted by molar-refractivity contribution is 7.16.